The van der Waals surface area contributed by atoms with Gasteiger partial charge >= 0.3 is 0 Å². The third kappa shape index (κ3) is 2.87. The zero-order valence-corrected chi connectivity index (χ0v) is 12.9. The van der Waals surface area contributed by atoms with E-state index in [1.807, 2.05) is 6.07 Å². The number of aryl methyl sites for hydroxylation is 1. The van der Waals surface area contributed by atoms with Crippen LogP contribution in [-0.4, -0.2) is 11.5 Å². The van der Waals surface area contributed by atoms with Gasteiger partial charge in [0, 0.05) is 11.8 Å². The van der Waals surface area contributed by atoms with Gasteiger partial charge in [0.25, 0.3) is 0 Å². The molecular weight excluding hydrogens is 284 g/mol. The molecule has 0 aliphatic carbocycles. The van der Waals surface area contributed by atoms with Gasteiger partial charge in [-0.05, 0) is 24.6 Å². The summed E-state index contributed by atoms with van der Waals surface area (Å²) in [6.07, 6.45) is 0. The molecule has 4 heteroatoms. The predicted molar refractivity (Wildman–Crippen MR) is 88.5 cm³/mol. The fourth-order valence-corrected chi connectivity index (χ4v) is 4.43. The highest BCUT2D eigenvalue weighted by Crippen LogP contribution is 2.38. The molecule has 2 nitrogen and oxygen atoms in total. The molecule has 102 valence electrons. The summed E-state index contributed by atoms with van der Waals surface area (Å²) in [4.78, 5) is 4.67. The number of hydrogen-bond donors (Lipinski definition) is 1. The predicted octanol–water partition coefficient (Wildman–Crippen LogP) is 4.40. The molecule has 0 saturated heterocycles. The van der Waals surface area contributed by atoms with Crippen molar-refractivity contribution in [3.05, 3.63) is 59.7 Å². The second-order valence-electron chi connectivity index (χ2n) is 4.70. The van der Waals surface area contributed by atoms with Crippen LogP contribution >= 0.6 is 23.1 Å². The van der Waals surface area contributed by atoms with E-state index in [1.165, 1.54) is 15.8 Å². The van der Waals surface area contributed by atoms with E-state index in [1.54, 1.807) is 23.1 Å². The van der Waals surface area contributed by atoms with E-state index >= 15 is 0 Å². The first-order valence-electron chi connectivity index (χ1n) is 6.55. The van der Waals surface area contributed by atoms with Crippen molar-refractivity contribution in [1.29, 1.82) is 0 Å². The number of nitrogens with zero attached hydrogens (tertiary/aromatic N) is 1. The number of fused-ring (bicyclic) bond motifs is 1. The van der Waals surface area contributed by atoms with Crippen LogP contribution in [0.5, 0.6) is 0 Å². The van der Waals surface area contributed by atoms with Gasteiger partial charge in [-0.25, -0.2) is 4.98 Å². The Bertz CT molecular complexity index is 688. The third-order valence-electron chi connectivity index (χ3n) is 3.15. The van der Waals surface area contributed by atoms with Gasteiger partial charge in [0.15, 0.2) is 4.34 Å². The van der Waals surface area contributed by atoms with Crippen molar-refractivity contribution < 1.29 is 0 Å². The van der Waals surface area contributed by atoms with E-state index in [4.69, 9.17) is 5.73 Å². The Kier molecular flexibility index (Phi) is 4.05. The van der Waals surface area contributed by atoms with Crippen LogP contribution in [-0.2, 0) is 0 Å². The van der Waals surface area contributed by atoms with Crippen molar-refractivity contribution in [2.24, 2.45) is 5.73 Å². The summed E-state index contributed by atoms with van der Waals surface area (Å²) >= 11 is 3.49. The minimum Gasteiger partial charge on any atom is -0.329 e. The van der Waals surface area contributed by atoms with E-state index in [-0.39, 0.29) is 5.25 Å². The lowest BCUT2D eigenvalue weighted by Gasteiger charge is -2.13. The smallest absolute Gasteiger partial charge is 0.151 e. The summed E-state index contributed by atoms with van der Waals surface area (Å²) in [7, 11) is 0. The number of thiazole rings is 1. The van der Waals surface area contributed by atoms with Crippen molar-refractivity contribution in [1.82, 2.24) is 4.98 Å². The molecular formula is C16H16N2S2. The van der Waals surface area contributed by atoms with Crippen molar-refractivity contribution in [2.75, 3.05) is 6.54 Å². The van der Waals surface area contributed by atoms with Crippen LogP contribution in [0.25, 0.3) is 10.2 Å². The molecule has 0 radical (unpaired) electrons. The van der Waals surface area contributed by atoms with Gasteiger partial charge in [-0.3, -0.25) is 0 Å². The number of benzene rings is 2. The van der Waals surface area contributed by atoms with Crippen LogP contribution in [0.2, 0.25) is 0 Å². The van der Waals surface area contributed by atoms with Gasteiger partial charge < -0.3 is 5.73 Å². The summed E-state index contributed by atoms with van der Waals surface area (Å²) < 4.78 is 2.32. The molecule has 0 aliphatic heterocycles. The van der Waals surface area contributed by atoms with Gasteiger partial charge in [-0.2, -0.15) is 0 Å². The van der Waals surface area contributed by atoms with Crippen molar-refractivity contribution >= 4 is 33.3 Å². The van der Waals surface area contributed by atoms with E-state index in [0.717, 1.165) is 9.86 Å². The molecule has 1 heterocycles. The molecule has 1 unspecified atom stereocenters. The summed E-state index contributed by atoms with van der Waals surface area (Å²) in [5.74, 6) is 0. The molecule has 0 saturated carbocycles. The molecule has 2 aromatic carbocycles. The quantitative estimate of drug-likeness (QED) is 0.726. The number of para-hydroxylation sites is 1. The third-order valence-corrected chi connectivity index (χ3v) is 5.56. The van der Waals surface area contributed by atoms with E-state index < -0.39 is 0 Å². The monoisotopic (exact) mass is 300 g/mol. The SMILES string of the molecule is Cc1cccc(C(CN)Sc2nc3ccccc3s2)c1. The molecule has 20 heavy (non-hydrogen) atoms. The molecule has 3 aromatic rings. The van der Waals surface area contributed by atoms with Crippen molar-refractivity contribution in [3.63, 3.8) is 0 Å². The average Bonchev–Trinajstić information content (AvgIpc) is 2.87. The molecule has 0 amide bonds. The number of hydrogen-bond acceptors (Lipinski definition) is 4. The first-order chi connectivity index (χ1) is 9.76. The summed E-state index contributed by atoms with van der Waals surface area (Å²) in [5.41, 5.74) is 9.57. The van der Waals surface area contributed by atoms with Crippen LogP contribution in [0, 0.1) is 6.92 Å². The van der Waals surface area contributed by atoms with Gasteiger partial charge in [-0.1, -0.05) is 53.7 Å². The lowest BCUT2D eigenvalue weighted by molar-refractivity contribution is 0.938. The highest BCUT2D eigenvalue weighted by Gasteiger charge is 2.14. The molecule has 1 aromatic heterocycles. The fraction of sp³-hybridized carbons (Fsp3) is 0.188. The Morgan fingerprint density at radius 3 is 2.80 bits per heavy atom. The zero-order valence-electron chi connectivity index (χ0n) is 11.2. The minimum atomic E-state index is 0.260. The van der Waals surface area contributed by atoms with Crippen LogP contribution in [0.15, 0.2) is 52.9 Å². The van der Waals surface area contributed by atoms with Crippen LogP contribution in [0.1, 0.15) is 16.4 Å². The highest BCUT2D eigenvalue weighted by molar-refractivity contribution is 8.01. The highest BCUT2D eigenvalue weighted by atomic mass is 32.2. The second kappa shape index (κ2) is 5.95. The number of thioether (sulfide) groups is 1. The number of rotatable bonds is 4. The number of aromatic nitrogens is 1. The lowest BCUT2D eigenvalue weighted by Crippen LogP contribution is -2.09. The second-order valence-corrected chi connectivity index (χ2v) is 7.18. The van der Waals surface area contributed by atoms with E-state index in [2.05, 4.69) is 54.4 Å². The normalized spacial score (nSPS) is 12.7. The van der Waals surface area contributed by atoms with Gasteiger partial charge in [0.2, 0.25) is 0 Å². The van der Waals surface area contributed by atoms with Gasteiger partial charge in [0.05, 0.1) is 10.2 Å². The Labute approximate surface area is 127 Å². The van der Waals surface area contributed by atoms with Crippen LogP contribution < -0.4 is 5.73 Å². The molecule has 1 atom stereocenters. The molecule has 0 fully saturated rings. The maximum Gasteiger partial charge on any atom is 0.151 e. The minimum absolute atomic E-state index is 0.260. The largest absolute Gasteiger partial charge is 0.329 e. The summed E-state index contributed by atoms with van der Waals surface area (Å²) in [6.45, 7) is 2.73. The maximum absolute atomic E-state index is 5.95. The first-order valence-corrected chi connectivity index (χ1v) is 8.25. The Balaban J connectivity index is 1.87. The van der Waals surface area contributed by atoms with E-state index in [9.17, 15) is 0 Å². The maximum atomic E-state index is 5.95. The summed E-state index contributed by atoms with van der Waals surface area (Å²) in [6, 6.07) is 16.8. The molecule has 0 spiro atoms. The molecule has 3 rings (SSSR count). The van der Waals surface area contributed by atoms with Crippen LogP contribution in [0.3, 0.4) is 0 Å². The van der Waals surface area contributed by atoms with Crippen molar-refractivity contribution in [2.45, 2.75) is 16.5 Å². The average molecular weight is 300 g/mol. The van der Waals surface area contributed by atoms with Crippen molar-refractivity contribution in [3.8, 4) is 0 Å². The van der Waals surface area contributed by atoms with Gasteiger partial charge in [-0.15, -0.1) is 11.3 Å². The van der Waals surface area contributed by atoms with Crippen LogP contribution in [0.4, 0.5) is 0 Å². The van der Waals surface area contributed by atoms with E-state index in [0.29, 0.717) is 6.54 Å². The Morgan fingerprint density at radius 1 is 1.20 bits per heavy atom. The topological polar surface area (TPSA) is 38.9 Å². The number of nitrogens with two attached hydrogens (primary N) is 1. The lowest BCUT2D eigenvalue weighted by atomic mass is 10.1. The van der Waals surface area contributed by atoms with Gasteiger partial charge in [0.1, 0.15) is 0 Å². The Morgan fingerprint density at radius 2 is 2.05 bits per heavy atom. The fourth-order valence-electron chi connectivity index (χ4n) is 2.15. The molecule has 2 N–H and O–H groups in total. The summed E-state index contributed by atoms with van der Waals surface area (Å²) in [5, 5.41) is 0.260. The Hall–Kier alpha value is -1.36. The first kappa shape index (κ1) is 13.6. The molecule has 0 bridgehead atoms. The molecule has 0 aliphatic rings. The zero-order chi connectivity index (χ0) is 13.9. The standard InChI is InChI=1S/C16H16N2S2/c1-11-5-4-6-12(9-11)15(10-17)20-16-18-13-7-2-3-8-14(13)19-16/h2-9,15H,10,17H2,1H3.